The van der Waals surface area contributed by atoms with Crippen molar-refractivity contribution >= 4 is 29.3 Å². The second-order valence-corrected chi connectivity index (χ2v) is 7.46. The van der Waals surface area contributed by atoms with Crippen molar-refractivity contribution in [3.8, 4) is 0 Å². The topological polar surface area (TPSA) is 55.4 Å². The molecule has 0 aliphatic heterocycles. The van der Waals surface area contributed by atoms with E-state index in [1.54, 1.807) is 36.0 Å². The van der Waals surface area contributed by atoms with Crippen molar-refractivity contribution in [1.29, 1.82) is 0 Å². The molecule has 0 spiro atoms. The lowest BCUT2D eigenvalue weighted by atomic mass is 10.2. The molecule has 0 saturated heterocycles. The van der Waals surface area contributed by atoms with Gasteiger partial charge in [-0.1, -0.05) is 27.7 Å². The molecule has 21 heavy (non-hydrogen) atoms. The number of esters is 1. The minimum absolute atomic E-state index is 0.0452. The van der Waals surface area contributed by atoms with E-state index >= 15 is 0 Å². The minimum atomic E-state index is -0.335. The van der Waals surface area contributed by atoms with E-state index in [0.29, 0.717) is 23.6 Å². The highest BCUT2D eigenvalue weighted by Gasteiger charge is 2.13. The number of hydrogen-bond acceptors (Lipinski definition) is 4. The van der Waals surface area contributed by atoms with E-state index in [1.807, 2.05) is 6.92 Å². The minimum Gasteiger partial charge on any atom is -0.462 e. The molecule has 0 saturated carbocycles. The SMILES string of the molecule is CCCOC(=O)c1ccc(NC(=O)CSC(C)(C)C)cc1. The lowest BCUT2D eigenvalue weighted by molar-refractivity contribution is -0.113. The molecule has 1 N–H and O–H groups in total. The van der Waals surface area contributed by atoms with Crippen LogP contribution in [0, 0.1) is 0 Å². The second kappa shape index (κ2) is 8.08. The monoisotopic (exact) mass is 309 g/mol. The third kappa shape index (κ3) is 7.18. The van der Waals surface area contributed by atoms with E-state index < -0.39 is 0 Å². The average molecular weight is 309 g/mol. The van der Waals surface area contributed by atoms with Gasteiger partial charge in [0.15, 0.2) is 0 Å². The molecule has 116 valence electrons. The summed E-state index contributed by atoms with van der Waals surface area (Å²) in [5, 5.41) is 2.81. The number of thioether (sulfide) groups is 1. The van der Waals surface area contributed by atoms with Crippen LogP contribution >= 0.6 is 11.8 Å². The van der Waals surface area contributed by atoms with Gasteiger partial charge in [-0.3, -0.25) is 4.79 Å². The Morgan fingerprint density at radius 2 is 1.81 bits per heavy atom. The molecule has 0 aliphatic rings. The Balaban J connectivity index is 2.51. The van der Waals surface area contributed by atoms with Crippen LogP contribution < -0.4 is 5.32 Å². The Hall–Kier alpha value is -1.49. The fraction of sp³-hybridized carbons (Fsp3) is 0.500. The summed E-state index contributed by atoms with van der Waals surface area (Å²) in [5.41, 5.74) is 1.17. The van der Waals surface area contributed by atoms with Gasteiger partial charge >= 0.3 is 5.97 Å². The van der Waals surface area contributed by atoms with Gasteiger partial charge < -0.3 is 10.1 Å². The van der Waals surface area contributed by atoms with E-state index in [9.17, 15) is 9.59 Å². The van der Waals surface area contributed by atoms with Gasteiger partial charge in [0, 0.05) is 10.4 Å². The number of benzene rings is 1. The molecule has 0 aliphatic carbocycles. The quantitative estimate of drug-likeness (QED) is 0.814. The van der Waals surface area contributed by atoms with E-state index in [4.69, 9.17) is 4.74 Å². The van der Waals surface area contributed by atoms with Gasteiger partial charge in [0.05, 0.1) is 17.9 Å². The van der Waals surface area contributed by atoms with Gasteiger partial charge in [0.2, 0.25) is 5.91 Å². The molecule has 0 fully saturated rings. The van der Waals surface area contributed by atoms with Crippen molar-refractivity contribution in [1.82, 2.24) is 0 Å². The summed E-state index contributed by atoms with van der Waals surface area (Å²) in [7, 11) is 0. The first kappa shape index (κ1) is 17.6. The molecule has 4 nitrogen and oxygen atoms in total. The summed E-state index contributed by atoms with van der Waals surface area (Å²) in [4.78, 5) is 23.4. The molecule has 0 heterocycles. The van der Waals surface area contributed by atoms with Crippen LogP contribution in [0.5, 0.6) is 0 Å². The lowest BCUT2D eigenvalue weighted by Gasteiger charge is -2.17. The largest absolute Gasteiger partial charge is 0.462 e. The first-order valence-corrected chi connectivity index (χ1v) is 8.01. The highest BCUT2D eigenvalue weighted by Crippen LogP contribution is 2.23. The highest BCUT2D eigenvalue weighted by atomic mass is 32.2. The first-order chi connectivity index (χ1) is 9.81. The van der Waals surface area contributed by atoms with E-state index in [-0.39, 0.29) is 16.6 Å². The Bertz CT molecular complexity index is 477. The zero-order valence-corrected chi connectivity index (χ0v) is 13.9. The fourth-order valence-corrected chi connectivity index (χ4v) is 2.08. The molecule has 0 radical (unpaired) electrons. The third-order valence-electron chi connectivity index (χ3n) is 2.48. The van der Waals surface area contributed by atoms with Crippen molar-refractivity contribution in [2.45, 2.75) is 38.9 Å². The van der Waals surface area contributed by atoms with Gasteiger partial charge in [0.25, 0.3) is 0 Å². The van der Waals surface area contributed by atoms with Gasteiger partial charge in [0.1, 0.15) is 0 Å². The smallest absolute Gasteiger partial charge is 0.338 e. The number of carbonyl (C=O) groups excluding carboxylic acids is 2. The molecule has 1 amide bonds. The van der Waals surface area contributed by atoms with Crippen molar-refractivity contribution in [2.24, 2.45) is 0 Å². The van der Waals surface area contributed by atoms with Crippen LogP contribution in [-0.2, 0) is 9.53 Å². The first-order valence-electron chi connectivity index (χ1n) is 7.03. The predicted molar refractivity (Wildman–Crippen MR) is 87.9 cm³/mol. The molecule has 1 aromatic rings. The zero-order valence-electron chi connectivity index (χ0n) is 13.1. The van der Waals surface area contributed by atoms with Crippen LogP contribution in [0.2, 0.25) is 0 Å². The molecule has 5 heteroatoms. The Morgan fingerprint density at radius 1 is 1.19 bits per heavy atom. The average Bonchev–Trinajstić information content (AvgIpc) is 2.42. The van der Waals surface area contributed by atoms with E-state index in [2.05, 4.69) is 26.1 Å². The summed E-state index contributed by atoms with van der Waals surface area (Å²) >= 11 is 1.59. The normalized spacial score (nSPS) is 11.0. The maximum absolute atomic E-state index is 11.8. The maximum Gasteiger partial charge on any atom is 0.338 e. The summed E-state index contributed by atoms with van der Waals surface area (Å²) in [5.74, 6) is 0.0262. The molecule has 1 rings (SSSR count). The van der Waals surface area contributed by atoms with Crippen LogP contribution in [0.25, 0.3) is 0 Å². The summed E-state index contributed by atoms with van der Waals surface area (Å²) in [6.45, 7) is 8.58. The second-order valence-electron chi connectivity index (χ2n) is 5.66. The Kier molecular flexibility index (Phi) is 6.75. The predicted octanol–water partition coefficient (Wildman–Crippen LogP) is 3.72. The number of carbonyl (C=O) groups is 2. The highest BCUT2D eigenvalue weighted by molar-refractivity contribution is 8.01. The van der Waals surface area contributed by atoms with E-state index in [1.165, 1.54) is 0 Å². The van der Waals surface area contributed by atoms with Crippen LogP contribution in [0.1, 0.15) is 44.5 Å². The number of ether oxygens (including phenoxy) is 1. The third-order valence-corrected chi connectivity index (χ3v) is 3.75. The Labute approximate surface area is 130 Å². The summed E-state index contributed by atoms with van der Waals surface area (Å²) < 4.78 is 5.10. The molecular formula is C16H23NO3S. The van der Waals surface area contributed by atoms with Crippen molar-refractivity contribution in [3.05, 3.63) is 29.8 Å². The summed E-state index contributed by atoms with van der Waals surface area (Å²) in [6, 6.07) is 6.74. The number of hydrogen-bond donors (Lipinski definition) is 1. The fourth-order valence-electron chi connectivity index (χ4n) is 1.45. The van der Waals surface area contributed by atoms with Crippen molar-refractivity contribution in [2.75, 3.05) is 17.7 Å². The standard InChI is InChI=1S/C16H23NO3S/c1-5-10-20-15(19)12-6-8-13(9-7-12)17-14(18)11-21-16(2,3)4/h6-9H,5,10-11H2,1-4H3,(H,17,18). The molecule has 0 aromatic heterocycles. The van der Waals surface area contributed by atoms with E-state index in [0.717, 1.165) is 6.42 Å². The zero-order chi connectivity index (χ0) is 15.9. The van der Waals surface area contributed by atoms with Crippen LogP contribution in [-0.4, -0.2) is 29.0 Å². The lowest BCUT2D eigenvalue weighted by Crippen LogP contribution is -2.19. The molecule has 0 unspecified atom stereocenters. The number of rotatable bonds is 6. The summed E-state index contributed by atoms with van der Waals surface area (Å²) in [6.07, 6.45) is 0.797. The van der Waals surface area contributed by atoms with Crippen molar-refractivity contribution < 1.29 is 14.3 Å². The number of nitrogens with one attached hydrogen (secondary N) is 1. The Morgan fingerprint density at radius 3 is 2.33 bits per heavy atom. The van der Waals surface area contributed by atoms with Crippen molar-refractivity contribution in [3.63, 3.8) is 0 Å². The number of amides is 1. The van der Waals surface area contributed by atoms with Crippen LogP contribution in [0.3, 0.4) is 0 Å². The molecular weight excluding hydrogens is 286 g/mol. The molecule has 0 bridgehead atoms. The molecule has 1 aromatic carbocycles. The maximum atomic E-state index is 11.8. The van der Waals surface area contributed by atoms with Gasteiger partial charge in [-0.15, -0.1) is 11.8 Å². The van der Waals surface area contributed by atoms with Crippen LogP contribution in [0.4, 0.5) is 5.69 Å². The number of anilines is 1. The van der Waals surface area contributed by atoms with Gasteiger partial charge in [-0.2, -0.15) is 0 Å². The van der Waals surface area contributed by atoms with Gasteiger partial charge in [-0.05, 0) is 30.7 Å². The van der Waals surface area contributed by atoms with Crippen LogP contribution in [0.15, 0.2) is 24.3 Å². The van der Waals surface area contributed by atoms with Gasteiger partial charge in [-0.25, -0.2) is 4.79 Å². The molecule has 0 atom stereocenters.